The van der Waals surface area contributed by atoms with Gasteiger partial charge in [-0.3, -0.25) is 9.17 Å². The van der Waals surface area contributed by atoms with E-state index in [0.717, 1.165) is 6.26 Å². The summed E-state index contributed by atoms with van der Waals surface area (Å²) in [5, 5.41) is 0.0484. The molecule has 21 heavy (non-hydrogen) atoms. The van der Waals surface area contributed by atoms with Crippen LogP contribution in [0.25, 0.3) is 0 Å². The second-order valence-corrected chi connectivity index (χ2v) is 13.0. The van der Waals surface area contributed by atoms with Crippen LogP contribution < -0.4 is 0 Å². The Labute approximate surface area is 129 Å². The van der Waals surface area contributed by atoms with Gasteiger partial charge in [-0.1, -0.05) is 26.8 Å². The van der Waals surface area contributed by atoms with E-state index < -0.39 is 24.5 Å². The summed E-state index contributed by atoms with van der Waals surface area (Å²) in [6, 6.07) is 5.31. The summed E-state index contributed by atoms with van der Waals surface area (Å²) in [4.78, 5) is 4.17. The third-order valence-electron chi connectivity index (χ3n) is 3.71. The predicted octanol–water partition coefficient (Wildman–Crippen LogP) is 3.12. The summed E-state index contributed by atoms with van der Waals surface area (Å²) in [6.07, 6.45) is 1.94. The van der Waals surface area contributed by atoms with Gasteiger partial charge in [-0.2, -0.15) is 8.42 Å². The molecule has 0 amide bonds. The number of pyridine rings is 1. The van der Waals surface area contributed by atoms with Crippen molar-refractivity contribution in [2.24, 2.45) is 0 Å². The van der Waals surface area contributed by atoms with Crippen LogP contribution in [0.2, 0.25) is 18.1 Å². The molecule has 0 aliphatic rings. The lowest BCUT2D eigenvalue weighted by Gasteiger charge is -2.37. The Morgan fingerprint density at radius 1 is 1.29 bits per heavy atom. The largest absolute Gasteiger partial charge is 0.414 e. The molecular weight excluding hydrogens is 306 g/mol. The molecule has 0 aliphatic carbocycles. The summed E-state index contributed by atoms with van der Waals surface area (Å²) in [7, 11) is -5.56. The Balaban J connectivity index is 2.90. The Morgan fingerprint density at radius 3 is 2.33 bits per heavy atom. The van der Waals surface area contributed by atoms with E-state index in [2.05, 4.69) is 38.8 Å². The van der Waals surface area contributed by atoms with Gasteiger partial charge in [0.15, 0.2) is 8.32 Å². The Bertz CT molecular complexity index is 552. The van der Waals surface area contributed by atoms with Gasteiger partial charge >= 0.3 is 0 Å². The molecule has 0 saturated heterocycles. The van der Waals surface area contributed by atoms with Crippen molar-refractivity contribution < 1.29 is 17.0 Å². The standard InChI is InChI=1S/C14H25NO4SSi/c1-14(2,3)21(5,6)18-11-13(19-20(4,16)17)12-9-7-8-10-15-12/h7-10,13H,11H2,1-6H3/t13-/m0/s1. The Kier molecular flexibility index (Phi) is 5.71. The van der Waals surface area contributed by atoms with Gasteiger partial charge in [-0.15, -0.1) is 0 Å². The van der Waals surface area contributed by atoms with Crippen molar-refractivity contribution in [2.75, 3.05) is 12.9 Å². The normalized spacial score (nSPS) is 15.0. The molecule has 0 fully saturated rings. The average Bonchev–Trinajstić information content (AvgIpc) is 2.33. The van der Waals surface area contributed by atoms with Crippen LogP contribution in [0.5, 0.6) is 0 Å². The maximum absolute atomic E-state index is 11.4. The summed E-state index contributed by atoms with van der Waals surface area (Å²) in [6.45, 7) is 10.8. The topological polar surface area (TPSA) is 65.5 Å². The van der Waals surface area contributed by atoms with E-state index in [9.17, 15) is 8.42 Å². The van der Waals surface area contributed by atoms with Crippen LogP contribution in [0, 0.1) is 0 Å². The molecule has 7 heteroatoms. The van der Waals surface area contributed by atoms with Crippen molar-refractivity contribution in [3.05, 3.63) is 30.1 Å². The molecule has 0 spiro atoms. The maximum atomic E-state index is 11.4. The highest BCUT2D eigenvalue weighted by atomic mass is 32.2. The van der Waals surface area contributed by atoms with Gasteiger partial charge in [0.1, 0.15) is 6.10 Å². The lowest BCUT2D eigenvalue weighted by Crippen LogP contribution is -2.42. The number of hydrogen-bond donors (Lipinski definition) is 0. The van der Waals surface area contributed by atoms with Gasteiger partial charge in [0, 0.05) is 6.20 Å². The van der Waals surface area contributed by atoms with Crippen LogP contribution >= 0.6 is 0 Å². The van der Waals surface area contributed by atoms with E-state index in [-0.39, 0.29) is 11.6 Å². The minimum Gasteiger partial charge on any atom is -0.414 e. The lowest BCUT2D eigenvalue weighted by molar-refractivity contribution is 0.124. The molecule has 120 valence electrons. The first-order valence-corrected chi connectivity index (χ1v) is 11.6. The van der Waals surface area contributed by atoms with Gasteiger partial charge in [0.25, 0.3) is 10.1 Å². The molecule has 5 nitrogen and oxygen atoms in total. The SMILES string of the molecule is CC(C)(C)[Si](C)(C)OC[C@H](OS(C)(=O)=O)c1ccccn1. The minimum absolute atomic E-state index is 0.0484. The van der Waals surface area contributed by atoms with E-state index in [1.54, 1.807) is 24.4 Å². The molecular formula is C14H25NO4SSi. The van der Waals surface area contributed by atoms with Crippen molar-refractivity contribution in [2.45, 2.75) is 45.0 Å². The third-order valence-corrected chi connectivity index (χ3v) is 8.79. The van der Waals surface area contributed by atoms with E-state index in [1.807, 2.05) is 0 Å². The van der Waals surface area contributed by atoms with Gasteiger partial charge in [-0.25, -0.2) is 0 Å². The fraction of sp³-hybridized carbons (Fsp3) is 0.643. The van der Waals surface area contributed by atoms with Crippen LogP contribution in [-0.4, -0.2) is 34.6 Å². The van der Waals surface area contributed by atoms with Crippen LogP contribution in [0.1, 0.15) is 32.6 Å². The predicted molar refractivity (Wildman–Crippen MR) is 86.1 cm³/mol. The zero-order chi connectivity index (χ0) is 16.3. The molecule has 0 saturated carbocycles. The molecule has 0 aromatic carbocycles. The zero-order valence-corrected chi connectivity index (χ0v) is 15.4. The van der Waals surface area contributed by atoms with Crippen molar-refractivity contribution in [1.82, 2.24) is 4.98 Å². The quantitative estimate of drug-likeness (QED) is 0.592. The van der Waals surface area contributed by atoms with E-state index >= 15 is 0 Å². The summed E-state index contributed by atoms with van der Waals surface area (Å²) < 4.78 is 34.1. The number of aromatic nitrogens is 1. The van der Waals surface area contributed by atoms with E-state index in [1.165, 1.54) is 0 Å². The van der Waals surface area contributed by atoms with Crippen molar-refractivity contribution in [3.8, 4) is 0 Å². The van der Waals surface area contributed by atoms with Crippen molar-refractivity contribution in [1.29, 1.82) is 0 Å². The van der Waals surface area contributed by atoms with Gasteiger partial charge < -0.3 is 4.43 Å². The Morgan fingerprint density at radius 2 is 1.90 bits per heavy atom. The van der Waals surface area contributed by atoms with Crippen LogP contribution in [0.3, 0.4) is 0 Å². The first kappa shape index (κ1) is 18.3. The minimum atomic E-state index is -3.58. The average molecular weight is 332 g/mol. The highest BCUT2D eigenvalue weighted by molar-refractivity contribution is 7.86. The summed E-state index contributed by atoms with van der Waals surface area (Å²) in [5.41, 5.74) is 0.557. The molecule has 0 radical (unpaired) electrons. The zero-order valence-electron chi connectivity index (χ0n) is 13.6. The molecule has 1 atom stereocenters. The highest BCUT2D eigenvalue weighted by Crippen LogP contribution is 2.37. The van der Waals surface area contributed by atoms with Gasteiger partial charge in [0.05, 0.1) is 18.6 Å². The highest BCUT2D eigenvalue weighted by Gasteiger charge is 2.38. The molecule has 0 bridgehead atoms. The molecule has 0 aliphatic heterocycles. The molecule has 1 heterocycles. The third kappa shape index (κ3) is 5.86. The molecule has 1 aromatic rings. The fourth-order valence-corrected chi connectivity index (χ4v) is 3.02. The molecule has 1 rings (SSSR count). The lowest BCUT2D eigenvalue weighted by atomic mass is 10.2. The van der Waals surface area contributed by atoms with Crippen molar-refractivity contribution >= 4 is 18.4 Å². The van der Waals surface area contributed by atoms with E-state index in [4.69, 9.17) is 8.61 Å². The van der Waals surface area contributed by atoms with Crippen LogP contribution in [0.4, 0.5) is 0 Å². The molecule has 1 aromatic heterocycles. The fourth-order valence-electron chi connectivity index (χ4n) is 1.44. The van der Waals surface area contributed by atoms with Crippen LogP contribution in [-0.2, 0) is 18.7 Å². The Hall–Kier alpha value is -0.763. The number of rotatable bonds is 6. The van der Waals surface area contributed by atoms with Gasteiger partial charge in [0.2, 0.25) is 0 Å². The number of nitrogens with zero attached hydrogens (tertiary/aromatic N) is 1. The first-order valence-electron chi connectivity index (χ1n) is 6.85. The second kappa shape index (κ2) is 6.56. The smallest absolute Gasteiger partial charge is 0.265 e. The monoisotopic (exact) mass is 331 g/mol. The van der Waals surface area contributed by atoms with E-state index in [0.29, 0.717) is 5.69 Å². The second-order valence-electron chi connectivity index (χ2n) is 6.61. The molecule has 0 unspecified atom stereocenters. The summed E-state index contributed by atoms with van der Waals surface area (Å²) in [5.74, 6) is 0. The number of hydrogen-bond acceptors (Lipinski definition) is 5. The molecule has 0 N–H and O–H groups in total. The summed E-state index contributed by atoms with van der Waals surface area (Å²) >= 11 is 0. The first-order chi connectivity index (χ1) is 9.42. The maximum Gasteiger partial charge on any atom is 0.265 e. The van der Waals surface area contributed by atoms with Gasteiger partial charge in [-0.05, 0) is 30.3 Å². The van der Waals surface area contributed by atoms with Crippen molar-refractivity contribution in [3.63, 3.8) is 0 Å². The van der Waals surface area contributed by atoms with Crippen LogP contribution in [0.15, 0.2) is 24.4 Å².